The van der Waals surface area contributed by atoms with Crippen LogP contribution in [0.15, 0.2) is 0 Å². The van der Waals surface area contributed by atoms with Crippen molar-refractivity contribution in [1.82, 2.24) is 4.98 Å². The maximum Gasteiger partial charge on any atom is 0.412 e. The van der Waals surface area contributed by atoms with Gasteiger partial charge in [-0.2, -0.15) is 5.26 Å². The van der Waals surface area contributed by atoms with Crippen LogP contribution in [0.4, 0.5) is 10.6 Å². The van der Waals surface area contributed by atoms with Crippen molar-refractivity contribution in [2.24, 2.45) is 5.92 Å². The molecule has 1 rings (SSSR count). The molecular weight excluding hydrogens is 230 g/mol. The third-order valence-electron chi connectivity index (χ3n) is 2.58. The highest BCUT2D eigenvalue weighted by atomic mass is 16.5. The summed E-state index contributed by atoms with van der Waals surface area (Å²) in [5.74, 6) is 0.897. The molecule has 0 spiro atoms. The molecule has 0 radical (unpaired) electrons. The molecule has 0 saturated heterocycles. The van der Waals surface area contributed by atoms with Gasteiger partial charge in [-0.3, -0.25) is 5.32 Å². The van der Waals surface area contributed by atoms with Crippen LogP contribution in [0.1, 0.15) is 37.6 Å². The second-order valence-corrected chi connectivity index (χ2v) is 4.53. The van der Waals surface area contributed by atoms with Crippen LogP contribution >= 0.6 is 0 Å². The highest BCUT2D eigenvalue weighted by molar-refractivity contribution is 5.85. The van der Waals surface area contributed by atoms with Crippen LogP contribution < -0.4 is 5.32 Å². The van der Waals surface area contributed by atoms with E-state index in [9.17, 15) is 4.79 Å². The molecule has 0 saturated carbocycles. The lowest BCUT2D eigenvalue weighted by Crippen LogP contribution is -2.14. The van der Waals surface area contributed by atoms with E-state index < -0.39 is 6.09 Å². The molecule has 5 nitrogen and oxygen atoms in total. The minimum atomic E-state index is -0.550. The molecule has 5 heteroatoms. The molecule has 18 heavy (non-hydrogen) atoms. The lowest BCUT2D eigenvalue weighted by Gasteiger charge is -2.04. The Morgan fingerprint density at radius 1 is 1.56 bits per heavy atom. The predicted octanol–water partition coefficient (Wildman–Crippen LogP) is 2.96. The van der Waals surface area contributed by atoms with Crippen LogP contribution in [0.5, 0.6) is 0 Å². The van der Waals surface area contributed by atoms with E-state index in [2.05, 4.69) is 30.2 Å². The number of ether oxygens (including phenoxy) is 1. The van der Waals surface area contributed by atoms with E-state index in [-0.39, 0.29) is 0 Å². The van der Waals surface area contributed by atoms with Gasteiger partial charge >= 0.3 is 6.09 Å². The van der Waals surface area contributed by atoms with Crippen LogP contribution in [0, 0.1) is 24.2 Å². The molecule has 0 unspecified atom stereocenters. The number of nitrogens with zero attached hydrogens (tertiary/aromatic N) is 1. The number of aromatic nitrogens is 1. The minimum absolute atomic E-state index is 0.298. The molecule has 0 aromatic carbocycles. The summed E-state index contributed by atoms with van der Waals surface area (Å²) < 4.78 is 4.80. The maximum atomic E-state index is 11.4. The number of aromatic amines is 1. The van der Waals surface area contributed by atoms with Gasteiger partial charge in [0.1, 0.15) is 11.9 Å². The molecule has 0 atom stereocenters. The normalized spacial score (nSPS) is 10.2. The molecule has 1 amide bonds. The van der Waals surface area contributed by atoms with Crippen molar-refractivity contribution >= 4 is 11.9 Å². The first-order valence-electron chi connectivity index (χ1n) is 6.04. The van der Waals surface area contributed by atoms with Crippen molar-refractivity contribution in [3.05, 3.63) is 16.8 Å². The van der Waals surface area contributed by atoms with Crippen LogP contribution in [-0.2, 0) is 11.2 Å². The van der Waals surface area contributed by atoms with Gasteiger partial charge in [-0.15, -0.1) is 0 Å². The summed E-state index contributed by atoms with van der Waals surface area (Å²) in [7, 11) is 0. The van der Waals surface area contributed by atoms with Crippen molar-refractivity contribution in [2.45, 2.75) is 34.1 Å². The first-order chi connectivity index (χ1) is 8.49. The van der Waals surface area contributed by atoms with Crippen molar-refractivity contribution in [3.63, 3.8) is 0 Å². The van der Waals surface area contributed by atoms with Crippen LogP contribution in [0.3, 0.4) is 0 Å². The van der Waals surface area contributed by atoms with Crippen LogP contribution in [-0.4, -0.2) is 17.7 Å². The Morgan fingerprint density at radius 2 is 2.22 bits per heavy atom. The Bertz CT molecular complexity index is 469. The number of nitriles is 1. The van der Waals surface area contributed by atoms with Crippen molar-refractivity contribution in [3.8, 4) is 6.07 Å². The number of anilines is 1. The third-order valence-corrected chi connectivity index (χ3v) is 2.58. The van der Waals surface area contributed by atoms with E-state index in [1.54, 1.807) is 6.92 Å². The van der Waals surface area contributed by atoms with Gasteiger partial charge in [0.05, 0.1) is 12.2 Å². The van der Waals surface area contributed by atoms with E-state index in [0.717, 1.165) is 17.7 Å². The van der Waals surface area contributed by atoms with Gasteiger partial charge < -0.3 is 9.72 Å². The average molecular weight is 249 g/mol. The Hall–Kier alpha value is -1.96. The van der Waals surface area contributed by atoms with Crippen LogP contribution in [0.25, 0.3) is 0 Å². The highest BCUT2D eigenvalue weighted by Crippen LogP contribution is 2.24. The molecule has 1 aromatic heterocycles. The lowest BCUT2D eigenvalue weighted by atomic mass is 10.0. The van der Waals surface area contributed by atoms with E-state index in [0.29, 0.717) is 23.9 Å². The number of amides is 1. The molecule has 98 valence electrons. The van der Waals surface area contributed by atoms with Crippen molar-refractivity contribution in [1.29, 1.82) is 5.26 Å². The number of rotatable bonds is 4. The number of H-pyrrole nitrogens is 1. The fourth-order valence-corrected chi connectivity index (χ4v) is 1.76. The van der Waals surface area contributed by atoms with Gasteiger partial charge in [-0.25, -0.2) is 4.79 Å². The quantitative estimate of drug-likeness (QED) is 0.861. The molecule has 1 heterocycles. The van der Waals surface area contributed by atoms with E-state index in [4.69, 9.17) is 10.00 Å². The van der Waals surface area contributed by atoms with Gasteiger partial charge in [0.2, 0.25) is 0 Å². The third kappa shape index (κ3) is 3.27. The summed E-state index contributed by atoms with van der Waals surface area (Å²) in [6, 6.07) is 2.10. The minimum Gasteiger partial charge on any atom is -0.450 e. The molecule has 2 N–H and O–H groups in total. The zero-order chi connectivity index (χ0) is 13.7. The smallest absolute Gasteiger partial charge is 0.412 e. The molecule has 1 aromatic rings. The number of hydrogen-bond donors (Lipinski definition) is 2. The second-order valence-electron chi connectivity index (χ2n) is 4.53. The summed E-state index contributed by atoms with van der Waals surface area (Å²) in [4.78, 5) is 14.4. The Kier molecular flexibility index (Phi) is 4.78. The van der Waals surface area contributed by atoms with E-state index in [1.807, 2.05) is 6.92 Å². The first-order valence-corrected chi connectivity index (χ1v) is 6.04. The molecule has 0 fully saturated rings. The number of carbonyl (C=O) groups is 1. The fourth-order valence-electron chi connectivity index (χ4n) is 1.76. The largest absolute Gasteiger partial charge is 0.450 e. The Morgan fingerprint density at radius 3 is 2.72 bits per heavy atom. The molecule has 0 aliphatic carbocycles. The number of nitrogens with one attached hydrogen (secondary N) is 2. The monoisotopic (exact) mass is 249 g/mol. The Labute approximate surface area is 107 Å². The lowest BCUT2D eigenvalue weighted by molar-refractivity contribution is 0.168. The van der Waals surface area contributed by atoms with Crippen molar-refractivity contribution < 1.29 is 9.53 Å². The topological polar surface area (TPSA) is 77.9 Å². The number of hydrogen-bond acceptors (Lipinski definition) is 3. The van der Waals surface area contributed by atoms with Gasteiger partial charge in [0.15, 0.2) is 0 Å². The van der Waals surface area contributed by atoms with Gasteiger partial charge in [-0.1, -0.05) is 13.8 Å². The van der Waals surface area contributed by atoms with Gasteiger partial charge in [0, 0.05) is 5.69 Å². The first kappa shape index (κ1) is 14.1. The predicted molar refractivity (Wildman–Crippen MR) is 69.4 cm³/mol. The maximum absolute atomic E-state index is 11.4. The molecule has 0 aliphatic rings. The van der Waals surface area contributed by atoms with E-state index in [1.165, 1.54) is 0 Å². The second kappa shape index (κ2) is 6.10. The highest BCUT2D eigenvalue weighted by Gasteiger charge is 2.16. The number of carbonyl (C=O) groups excluding carboxylic acids is 1. The molecule has 0 bridgehead atoms. The summed E-state index contributed by atoms with van der Waals surface area (Å²) in [5.41, 5.74) is 2.34. The average Bonchev–Trinajstić information content (AvgIpc) is 2.54. The summed E-state index contributed by atoms with van der Waals surface area (Å²) in [6.07, 6.45) is 0.289. The summed E-state index contributed by atoms with van der Waals surface area (Å²) in [6.45, 7) is 8.11. The summed E-state index contributed by atoms with van der Waals surface area (Å²) >= 11 is 0. The Balaban J connectivity index is 2.98. The zero-order valence-corrected chi connectivity index (χ0v) is 11.3. The summed E-state index contributed by atoms with van der Waals surface area (Å²) in [5, 5.41) is 11.7. The zero-order valence-electron chi connectivity index (χ0n) is 11.3. The fraction of sp³-hybridized carbons (Fsp3) is 0.538. The van der Waals surface area contributed by atoms with Crippen molar-refractivity contribution in [2.75, 3.05) is 11.9 Å². The van der Waals surface area contributed by atoms with E-state index >= 15 is 0 Å². The van der Waals surface area contributed by atoms with Crippen LogP contribution in [0.2, 0.25) is 0 Å². The van der Waals surface area contributed by atoms with Gasteiger partial charge in [0.25, 0.3) is 0 Å². The SMILES string of the molecule is CCOC(=O)Nc1[nH]c(CC(C)C)c(C)c1C#N. The molecule has 0 aliphatic heterocycles. The van der Waals surface area contributed by atoms with Gasteiger partial charge in [-0.05, 0) is 31.7 Å². The standard InChI is InChI=1S/C13H19N3O2/c1-5-18-13(17)16-12-10(7-14)9(4)11(15-12)6-8(2)3/h8,15H,5-6H2,1-4H3,(H,16,17). The molecular formula is C13H19N3O2.